The van der Waals surface area contributed by atoms with Crippen molar-refractivity contribution in [3.8, 4) is 0 Å². The zero-order valence-electron chi connectivity index (χ0n) is 10.7. The number of hydrogen-bond donors (Lipinski definition) is 0. The summed E-state index contributed by atoms with van der Waals surface area (Å²) in [5, 5.41) is 0. The van der Waals surface area contributed by atoms with Crippen LogP contribution in [0.25, 0.3) is 0 Å². The third-order valence-electron chi connectivity index (χ3n) is 2.58. The minimum absolute atomic E-state index is 0. The van der Waals surface area contributed by atoms with Crippen LogP contribution >= 0.6 is 11.8 Å². The molecule has 19 heavy (non-hydrogen) atoms. The first-order valence-electron chi connectivity index (χ1n) is 5.83. The van der Waals surface area contributed by atoms with Gasteiger partial charge in [-0.15, -0.1) is 11.8 Å². The molecule has 0 heterocycles. The number of thioether (sulfide) groups is 1. The number of rotatable bonds is 7. The first-order chi connectivity index (χ1) is 8.11. The first kappa shape index (κ1) is 20.5. The molecule has 1 atom stereocenters. The van der Waals surface area contributed by atoms with E-state index < -0.39 is 0 Å². The number of benzene rings is 1. The Labute approximate surface area is 122 Å². The van der Waals surface area contributed by atoms with Crippen LogP contribution in [-0.2, 0) is 9.53 Å². The van der Waals surface area contributed by atoms with Gasteiger partial charge in [0.15, 0.2) is 0 Å². The van der Waals surface area contributed by atoms with Crippen LogP contribution < -0.4 is 0 Å². The molecule has 0 aliphatic carbocycles. The summed E-state index contributed by atoms with van der Waals surface area (Å²) in [4.78, 5) is 12.3. The van der Waals surface area contributed by atoms with Gasteiger partial charge in [0.2, 0.25) is 0 Å². The van der Waals surface area contributed by atoms with Gasteiger partial charge in [-0.3, -0.25) is 4.79 Å². The van der Waals surface area contributed by atoms with Crippen molar-refractivity contribution in [2.24, 2.45) is 0 Å². The van der Waals surface area contributed by atoms with Crippen LogP contribution in [0.2, 0.25) is 0 Å². The molecule has 0 aliphatic rings. The van der Waals surface area contributed by atoms with Crippen LogP contribution in [0.15, 0.2) is 29.2 Å². The van der Waals surface area contributed by atoms with E-state index in [-0.39, 0.29) is 26.7 Å². The SMILES string of the molecule is C.C.COC(CCSc1ccc(C)cc1)CC(C)=O. The minimum Gasteiger partial charge on any atom is -0.381 e. The maximum absolute atomic E-state index is 11.0. The molecule has 0 aromatic heterocycles. The summed E-state index contributed by atoms with van der Waals surface area (Å²) in [5.41, 5.74) is 1.28. The van der Waals surface area contributed by atoms with Crippen molar-refractivity contribution in [1.82, 2.24) is 0 Å². The highest BCUT2D eigenvalue weighted by Crippen LogP contribution is 2.20. The summed E-state index contributed by atoms with van der Waals surface area (Å²) in [6, 6.07) is 8.50. The highest BCUT2D eigenvalue weighted by atomic mass is 32.2. The first-order valence-corrected chi connectivity index (χ1v) is 6.82. The molecule has 0 saturated carbocycles. The van der Waals surface area contributed by atoms with Gasteiger partial charge < -0.3 is 4.74 Å². The summed E-state index contributed by atoms with van der Waals surface area (Å²) in [6.45, 7) is 3.70. The standard InChI is InChI=1S/C14H20O2S.2CH4/c1-11-4-6-14(7-5-11)17-9-8-13(16-3)10-12(2)15;;/h4-7,13H,8-10H2,1-3H3;2*1H4. The lowest BCUT2D eigenvalue weighted by Crippen LogP contribution is -2.15. The summed E-state index contributed by atoms with van der Waals surface area (Å²) in [6.07, 6.45) is 1.49. The van der Waals surface area contributed by atoms with Crippen LogP contribution in [-0.4, -0.2) is 24.7 Å². The Bertz CT molecular complexity index is 346. The van der Waals surface area contributed by atoms with Crippen molar-refractivity contribution >= 4 is 17.5 Å². The average molecular weight is 284 g/mol. The number of methoxy groups -OCH3 is 1. The van der Waals surface area contributed by atoms with Crippen molar-refractivity contribution < 1.29 is 9.53 Å². The van der Waals surface area contributed by atoms with Gasteiger partial charge in [-0.2, -0.15) is 0 Å². The number of Topliss-reactive ketones (excluding diaryl/α,β-unsaturated/α-hetero) is 1. The monoisotopic (exact) mass is 284 g/mol. The molecule has 1 rings (SSSR count). The van der Waals surface area contributed by atoms with E-state index in [4.69, 9.17) is 4.74 Å². The Morgan fingerprint density at radius 2 is 1.84 bits per heavy atom. The number of carbonyl (C=O) groups excluding carboxylic acids is 1. The van der Waals surface area contributed by atoms with E-state index in [1.807, 2.05) is 11.8 Å². The maximum atomic E-state index is 11.0. The van der Waals surface area contributed by atoms with Gasteiger partial charge in [0.25, 0.3) is 0 Å². The van der Waals surface area contributed by atoms with Crippen molar-refractivity contribution in [2.45, 2.75) is 52.5 Å². The lowest BCUT2D eigenvalue weighted by Gasteiger charge is -2.13. The summed E-state index contributed by atoms with van der Waals surface area (Å²) < 4.78 is 5.28. The van der Waals surface area contributed by atoms with E-state index in [0.29, 0.717) is 6.42 Å². The molecule has 110 valence electrons. The molecule has 0 fully saturated rings. The Hall–Kier alpha value is -0.800. The highest BCUT2D eigenvalue weighted by molar-refractivity contribution is 7.99. The quantitative estimate of drug-likeness (QED) is 0.676. The van der Waals surface area contributed by atoms with Gasteiger partial charge in [-0.05, 0) is 32.4 Å². The van der Waals surface area contributed by atoms with E-state index in [9.17, 15) is 4.79 Å². The molecule has 0 aliphatic heterocycles. The zero-order valence-corrected chi connectivity index (χ0v) is 11.5. The highest BCUT2D eigenvalue weighted by Gasteiger charge is 2.09. The molecule has 0 amide bonds. The van der Waals surface area contributed by atoms with Crippen molar-refractivity contribution in [1.29, 1.82) is 0 Å². The fourth-order valence-corrected chi connectivity index (χ4v) is 2.51. The summed E-state index contributed by atoms with van der Waals surface area (Å²) in [7, 11) is 1.67. The van der Waals surface area contributed by atoms with Gasteiger partial charge >= 0.3 is 0 Å². The second kappa shape index (κ2) is 11.1. The number of hydrogen-bond acceptors (Lipinski definition) is 3. The number of carbonyl (C=O) groups is 1. The lowest BCUT2D eigenvalue weighted by atomic mass is 10.1. The van der Waals surface area contributed by atoms with Crippen LogP contribution in [0.1, 0.15) is 40.2 Å². The van der Waals surface area contributed by atoms with E-state index in [1.165, 1.54) is 10.5 Å². The van der Waals surface area contributed by atoms with Crippen LogP contribution in [0.3, 0.4) is 0 Å². The molecular weight excluding hydrogens is 256 g/mol. The molecule has 2 nitrogen and oxygen atoms in total. The van der Waals surface area contributed by atoms with E-state index in [1.54, 1.807) is 14.0 Å². The molecule has 1 aromatic rings. The smallest absolute Gasteiger partial charge is 0.132 e. The second-order valence-electron chi connectivity index (χ2n) is 4.21. The fraction of sp³-hybridized carbons (Fsp3) is 0.562. The maximum Gasteiger partial charge on any atom is 0.132 e. The topological polar surface area (TPSA) is 26.3 Å². The normalized spacial score (nSPS) is 11.1. The van der Waals surface area contributed by atoms with E-state index in [2.05, 4.69) is 31.2 Å². The molecule has 0 spiro atoms. The molecule has 1 unspecified atom stereocenters. The Kier molecular flexibility index (Phi) is 11.9. The van der Waals surface area contributed by atoms with Gasteiger partial charge in [0.05, 0.1) is 6.10 Å². The molecule has 0 radical (unpaired) electrons. The second-order valence-corrected chi connectivity index (χ2v) is 5.38. The largest absolute Gasteiger partial charge is 0.381 e. The molecule has 0 N–H and O–H groups in total. The number of ether oxygens (including phenoxy) is 1. The zero-order chi connectivity index (χ0) is 12.7. The van der Waals surface area contributed by atoms with Crippen LogP contribution in [0.4, 0.5) is 0 Å². The summed E-state index contributed by atoms with van der Waals surface area (Å²) in [5.74, 6) is 1.17. The van der Waals surface area contributed by atoms with Crippen LogP contribution in [0, 0.1) is 6.92 Å². The Morgan fingerprint density at radius 1 is 1.26 bits per heavy atom. The third kappa shape index (κ3) is 8.84. The lowest BCUT2D eigenvalue weighted by molar-refractivity contribution is -0.119. The third-order valence-corrected chi connectivity index (χ3v) is 3.62. The van der Waals surface area contributed by atoms with Crippen molar-refractivity contribution in [3.63, 3.8) is 0 Å². The molecular formula is C16H28O2S. The van der Waals surface area contributed by atoms with Gasteiger partial charge in [-0.25, -0.2) is 0 Å². The predicted molar refractivity (Wildman–Crippen MR) is 86.1 cm³/mol. The molecule has 1 aromatic carbocycles. The summed E-state index contributed by atoms with van der Waals surface area (Å²) >= 11 is 1.81. The van der Waals surface area contributed by atoms with Gasteiger partial charge in [-0.1, -0.05) is 32.5 Å². The number of ketones is 1. The van der Waals surface area contributed by atoms with Crippen molar-refractivity contribution in [3.05, 3.63) is 29.8 Å². The molecule has 3 heteroatoms. The number of aryl methyl sites for hydroxylation is 1. The Morgan fingerprint density at radius 3 is 2.32 bits per heavy atom. The average Bonchev–Trinajstić information content (AvgIpc) is 2.30. The van der Waals surface area contributed by atoms with E-state index >= 15 is 0 Å². The van der Waals surface area contributed by atoms with Crippen LogP contribution in [0.5, 0.6) is 0 Å². The fourth-order valence-electron chi connectivity index (χ4n) is 1.57. The molecule has 0 bridgehead atoms. The minimum atomic E-state index is 0. The predicted octanol–water partition coefficient (Wildman–Crippen LogP) is 4.74. The van der Waals surface area contributed by atoms with Crippen molar-refractivity contribution in [2.75, 3.05) is 12.9 Å². The van der Waals surface area contributed by atoms with Gasteiger partial charge in [0.1, 0.15) is 5.78 Å². The van der Waals surface area contributed by atoms with Gasteiger partial charge in [0, 0.05) is 24.2 Å². The van der Waals surface area contributed by atoms with E-state index in [0.717, 1.165) is 12.2 Å². The Balaban J connectivity index is 0. The molecule has 0 saturated heterocycles.